The number of nitrogens with one attached hydrogen (secondary N) is 2. The Labute approximate surface area is 152 Å². The van der Waals surface area contributed by atoms with Gasteiger partial charge in [0.25, 0.3) is 17.4 Å². The Balaban J connectivity index is 2.09. The van der Waals surface area contributed by atoms with Crippen molar-refractivity contribution in [3.8, 4) is 11.4 Å². The molecule has 140 valence electrons. The highest BCUT2D eigenvalue weighted by Gasteiger charge is 2.31. The van der Waals surface area contributed by atoms with Crippen molar-refractivity contribution in [2.45, 2.75) is 0 Å². The monoisotopic (exact) mass is 372 g/mol. The number of aromatic nitrogens is 1. The summed E-state index contributed by atoms with van der Waals surface area (Å²) in [5.41, 5.74) is 5.95. The summed E-state index contributed by atoms with van der Waals surface area (Å²) in [5.74, 6) is -1.62. The number of carbonyl (C=O) groups excluding carboxylic acids is 3. The molecule has 0 aliphatic carbocycles. The van der Waals surface area contributed by atoms with Gasteiger partial charge < -0.3 is 20.5 Å². The Morgan fingerprint density at radius 2 is 1.93 bits per heavy atom. The number of amides is 3. The SMILES string of the molecule is COCC(=O)Nc1ccc(-n2c(N)c3c(cc2=O)C(=O)NC3=O)cc1OC. The summed E-state index contributed by atoms with van der Waals surface area (Å²) in [6.45, 7) is -0.134. The van der Waals surface area contributed by atoms with Crippen LogP contribution in [-0.2, 0) is 9.53 Å². The molecule has 27 heavy (non-hydrogen) atoms. The Kier molecular flexibility index (Phi) is 4.65. The van der Waals surface area contributed by atoms with Gasteiger partial charge >= 0.3 is 0 Å². The molecule has 1 aromatic carbocycles. The quantitative estimate of drug-likeness (QED) is 0.622. The number of hydrogen-bond donors (Lipinski definition) is 3. The molecule has 10 nitrogen and oxygen atoms in total. The van der Waals surface area contributed by atoms with Crippen LogP contribution in [0.2, 0.25) is 0 Å². The number of rotatable bonds is 5. The topological polar surface area (TPSA) is 142 Å². The van der Waals surface area contributed by atoms with E-state index in [1.807, 2.05) is 0 Å². The van der Waals surface area contributed by atoms with Crippen LogP contribution in [0.4, 0.5) is 11.5 Å². The molecule has 3 amide bonds. The molecule has 10 heteroatoms. The highest BCUT2D eigenvalue weighted by molar-refractivity contribution is 6.23. The van der Waals surface area contributed by atoms with E-state index in [-0.39, 0.29) is 35.2 Å². The summed E-state index contributed by atoms with van der Waals surface area (Å²) in [7, 11) is 2.79. The zero-order chi connectivity index (χ0) is 19.7. The smallest absolute Gasteiger partial charge is 0.262 e. The summed E-state index contributed by atoms with van der Waals surface area (Å²) < 4.78 is 11.1. The number of benzene rings is 1. The van der Waals surface area contributed by atoms with E-state index in [9.17, 15) is 19.2 Å². The standard InChI is InChI=1S/C17H16N4O6/c1-26-7-12(22)19-10-4-3-8(5-11(10)27-2)21-13(23)6-9-14(15(21)18)17(25)20-16(9)24/h3-6H,7,18H2,1-2H3,(H,19,22)(H,20,24,25). The summed E-state index contributed by atoms with van der Waals surface area (Å²) >= 11 is 0. The number of ether oxygens (including phenoxy) is 2. The number of imide groups is 1. The van der Waals surface area contributed by atoms with Gasteiger partial charge in [0, 0.05) is 19.2 Å². The summed E-state index contributed by atoms with van der Waals surface area (Å²) in [6.07, 6.45) is 0. The second-order valence-corrected chi connectivity index (χ2v) is 5.64. The van der Waals surface area contributed by atoms with Crippen LogP contribution in [0.25, 0.3) is 5.69 Å². The van der Waals surface area contributed by atoms with Gasteiger partial charge in [-0.25, -0.2) is 0 Å². The van der Waals surface area contributed by atoms with Crippen LogP contribution in [0.5, 0.6) is 5.75 Å². The van der Waals surface area contributed by atoms with Gasteiger partial charge in [-0.1, -0.05) is 0 Å². The molecule has 1 aliphatic heterocycles. The number of anilines is 2. The second-order valence-electron chi connectivity index (χ2n) is 5.64. The molecule has 0 unspecified atom stereocenters. The predicted molar refractivity (Wildman–Crippen MR) is 95.3 cm³/mol. The van der Waals surface area contributed by atoms with Crippen molar-refractivity contribution in [1.29, 1.82) is 0 Å². The van der Waals surface area contributed by atoms with Gasteiger partial charge in [-0.05, 0) is 12.1 Å². The fourth-order valence-corrected chi connectivity index (χ4v) is 2.79. The van der Waals surface area contributed by atoms with Crippen LogP contribution in [0.1, 0.15) is 20.7 Å². The van der Waals surface area contributed by atoms with Crippen LogP contribution in [0, 0.1) is 0 Å². The third kappa shape index (κ3) is 3.13. The number of hydrogen-bond acceptors (Lipinski definition) is 7. The zero-order valence-corrected chi connectivity index (χ0v) is 14.5. The summed E-state index contributed by atoms with van der Waals surface area (Å²) in [5, 5.41) is 4.71. The minimum atomic E-state index is -0.670. The summed E-state index contributed by atoms with van der Waals surface area (Å²) in [6, 6.07) is 5.56. The largest absolute Gasteiger partial charge is 0.494 e. The average molecular weight is 372 g/mol. The van der Waals surface area contributed by atoms with Gasteiger partial charge in [0.1, 0.15) is 18.2 Å². The van der Waals surface area contributed by atoms with Crippen LogP contribution in [0.15, 0.2) is 29.1 Å². The first kappa shape index (κ1) is 18.1. The Morgan fingerprint density at radius 3 is 2.59 bits per heavy atom. The number of carbonyl (C=O) groups is 3. The minimum Gasteiger partial charge on any atom is -0.494 e. The van der Waals surface area contributed by atoms with Crippen molar-refractivity contribution in [2.24, 2.45) is 0 Å². The van der Waals surface area contributed by atoms with Gasteiger partial charge in [0.15, 0.2) is 0 Å². The van der Waals surface area contributed by atoms with Crippen molar-refractivity contribution in [3.63, 3.8) is 0 Å². The number of nitrogens with two attached hydrogens (primary N) is 1. The maximum Gasteiger partial charge on any atom is 0.262 e. The molecular formula is C17H16N4O6. The Hall–Kier alpha value is -3.66. The fourth-order valence-electron chi connectivity index (χ4n) is 2.79. The third-order valence-electron chi connectivity index (χ3n) is 3.95. The first-order valence-electron chi connectivity index (χ1n) is 7.75. The molecule has 4 N–H and O–H groups in total. The van der Waals surface area contributed by atoms with E-state index in [1.165, 1.54) is 32.4 Å². The second kappa shape index (κ2) is 6.92. The molecule has 0 atom stereocenters. The first-order valence-corrected chi connectivity index (χ1v) is 7.75. The molecule has 0 fully saturated rings. The number of nitrogens with zero attached hydrogens (tertiary/aromatic N) is 1. The maximum absolute atomic E-state index is 12.5. The lowest BCUT2D eigenvalue weighted by atomic mass is 10.1. The molecule has 2 heterocycles. The maximum atomic E-state index is 12.5. The molecule has 2 aromatic rings. The number of pyridine rings is 1. The molecule has 1 aliphatic rings. The van der Waals surface area contributed by atoms with E-state index in [0.29, 0.717) is 11.4 Å². The lowest BCUT2D eigenvalue weighted by molar-refractivity contribution is -0.119. The predicted octanol–water partition coefficient (Wildman–Crippen LogP) is -0.103. The molecule has 3 rings (SSSR count). The highest BCUT2D eigenvalue weighted by Crippen LogP contribution is 2.29. The van der Waals surface area contributed by atoms with Gasteiger partial charge in [-0.2, -0.15) is 0 Å². The molecule has 0 radical (unpaired) electrons. The normalized spacial score (nSPS) is 12.5. The van der Waals surface area contributed by atoms with E-state index in [2.05, 4.69) is 10.6 Å². The van der Waals surface area contributed by atoms with Gasteiger partial charge in [0.2, 0.25) is 5.91 Å². The van der Waals surface area contributed by atoms with E-state index < -0.39 is 17.4 Å². The van der Waals surface area contributed by atoms with E-state index in [1.54, 1.807) is 0 Å². The van der Waals surface area contributed by atoms with Crippen molar-refractivity contribution in [3.05, 3.63) is 45.7 Å². The molecule has 0 spiro atoms. The first-order chi connectivity index (χ1) is 12.9. The summed E-state index contributed by atoms with van der Waals surface area (Å²) in [4.78, 5) is 47.8. The molecule has 0 bridgehead atoms. The Bertz CT molecular complexity index is 1030. The van der Waals surface area contributed by atoms with Crippen LogP contribution in [-0.4, -0.2) is 43.1 Å². The number of nitrogen functional groups attached to an aromatic ring is 1. The number of fused-ring (bicyclic) bond motifs is 1. The lowest BCUT2D eigenvalue weighted by Gasteiger charge is -2.15. The van der Waals surface area contributed by atoms with Gasteiger partial charge in [-0.15, -0.1) is 0 Å². The van der Waals surface area contributed by atoms with Crippen LogP contribution >= 0.6 is 0 Å². The third-order valence-corrected chi connectivity index (χ3v) is 3.95. The van der Waals surface area contributed by atoms with Crippen molar-refractivity contribution in [2.75, 3.05) is 31.9 Å². The van der Waals surface area contributed by atoms with Crippen LogP contribution in [0.3, 0.4) is 0 Å². The van der Waals surface area contributed by atoms with Crippen molar-refractivity contribution >= 4 is 29.2 Å². The molecule has 1 aromatic heterocycles. The number of methoxy groups -OCH3 is 2. The van der Waals surface area contributed by atoms with Crippen molar-refractivity contribution in [1.82, 2.24) is 9.88 Å². The minimum absolute atomic E-state index is 0.0592. The van der Waals surface area contributed by atoms with Gasteiger partial charge in [0.05, 0.1) is 29.6 Å². The average Bonchev–Trinajstić information content (AvgIpc) is 2.90. The van der Waals surface area contributed by atoms with Crippen LogP contribution < -0.4 is 26.7 Å². The van der Waals surface area contributed by atoms with E-state index in [0.717, 1.165) is 10.6 Å². The zero-order valence-electron chi connectivity index (χ0n) is 14.5. The van der Waals surface area contributed by atoms with E-state index >= 15 is 0 Å². The van der Waals surface area contributed by atoms with Gasteiger partial charge in [-0.3, -0.25) is 29.1 Å². The Morgan fingerprint density at radius 1 is 1.19 bits per heavy atom. The highest BCUT2D eigenvalue weighted by atomic mass is 16.5. The molecular weight excluding hydrogens is 356 g/mol. The molecule has 0 saturated heterocycles. The fraction of sp³-hybridized carbons (Fsp3) is 0.176. The lowest BCUT2D eigenvalue weighted by Crippen LogP contribution is -2.24. The van der Waals surface area contributed by atoms with E-state index in [4.69, 9.17) is 15.2 Å². The molecule has 0 saturated carbocycles. The van der Waals surface area contributed by atoms with Crippen molar-refractivity contribution < 1.29 is 23.9 Å².